The molecule has 0 aliphatic carbocycles. The molecule has 0 unspecified atom stereocenters. The fourth-order valence-corrected chi connectivity index (χ4v) is 2.26. The first kappa shape index (κ1) is 13.4. The predicted octanol–water partition coefficient (Wildman–Crippen LogP) is 2.28. The largest absolute Gasteiger partial charge is 0.395 e. The summed E-state index contributed by atoms with van der Waals surface area (Å²) in [6, 6.07) is 0. The van der Waals surface area contributed by atoms with E-state index < -0.39 is 5.41 Å². The van der Waals surface area contributed by atoms with Crippen LogP contribution in [0.3, 0.4) is 0 Å². The number of hydrogen-bond donors (Lipinski definition) is 2. The normalized spacial score (nSPS) is 13.5. The van der Waals surface area contributed by atoms with E-state index in [9.17, 15) is 5.11 Å². The van der Waals surface area contributed by atoms with Crippen molar-refractivity contribution in [3.63, 3.8) is 0 Å². The molecular weight excluding hydrogens is 252 g/mol. The first-order valence-corrected chi connectivity index (χ1v) is 6.30. The molecule has 2 rings (SSSR count). The van der Waals surface area contributed by atoms with E-state index in [1.807, 2.05) is 13.8 Å². The van der Waals surface area contributed by atoms with E-state index in [4.69, 9.17) is 11.6 Å². The molecule has 2 N–H and O–H groups in total. The molecule has 0 radical (unpaired) electrons. The topological polar surface area (TPSA) is 66.2 Å². The van der Waals surface area contributed by atoms with E-state index in [2.05, 4.69) is 36.1 Å². The lowest BCUT2D eigenvalue weighted by Crippen LogP contribution is -2.26. The van der Waals surface area contributed by atoms with Crippen LogP contribution >= 0.6 is 11.6 Å². The fraction of sp³-hybridized carbons (Fsp3) is 0.667. The fourth-order valence-electron chi connectivity index (χ4n) is 1.81. The maximum atomic E-state index is 9.43. The summed E-state index contributed by atoms with van der Waals surface area (Å²) in [7, 11) is 0. The third-order valence-electron chi connectivity index (χ3n) is 3.05. The lowest BCUT2D eigenvalue weighted by molar-refractivity contribution is 0.209. The van der Waals surface area contributed by atoms with Crippen LogP contribution in [0.4, 0.5) is 0 Å². The van der Waals surface area contributed by atoms with Crippen molar-refractivity contribution < 1.29 is 5.11 Å². The number of hydrogen-bond acceptors (Lipinski definition) is 3. The number of nitrogens with zero attached hydrogens (tertiary/aromatic N) is 3. The number of nitrogens with one attached hydrogen (secondary N) is 1. The number of aliphatic hydroxyl groups is 1. The second-order valence-corrected chi connectivity index (χ2v) is 6.65. The van der Waals surface area contributed by atoms with Gasteiger partial charge in [0.25, 0.3) is 0 Å². The van der Waals surface area contributed by atoms with Gasteiger partial charge in [0.05, 0.1) is 12.3 Å². The van der Waals surface area contributed by atoms with Crippen LogP contribution in [-0.4, -0.2) is 31.5 Å². The molecule has 2 aromatic heterocycles. The van der Waals surface area contributed by atoms with Crippen molar-refractivity contribution in [2.24, 2.45) is 0 Å². The molecule has 0 aliphatic heterocycles. The third-order valence-corrected chi connectivity index (χ3v) is 3.41. The smallest absolute Gasteiger partial charge is 0.196 e. The van der Waals surface area contributed by atoms with Crippen LogP contribution in [0.25, 0.3) is 5.65 Å². The van der Waals surface area contributed by atoms with Crippen LogP contribution < -0.4 is 0 Å². The Kier molecular flexibility index (Phi) is 2.94. The van der Waals surface area contributed by atoms with Gasteiger partial charge in [-0.05, 0) is 0 Å². The van der Waals surface area contributed by atoms with E-state index in [-0.39, 0.29) is 12.0 Å². The van der Waals surface area contributed by atoms with Gasteiger partial charge in [-0.25, -0.2) is 4.52 Å². The summed E-state index contributed by atoms with van der Waals surface area (Å²) in [6.45, 7) is 10.1. The molecule has 0 amide bonds. The van der Waals surface area contributed by atoms with Gasteiger partial charge in [0, 0.05) is 10.8 Å². The van der Waals surface area contributed by atoms with Crippen LogP contribution in [0.5, 0.6) is 0 Å². The molecule has 0 aliphatic rings. The van der Waals surface area contributed by atoms with Gasteiger partial charge in [-0.1, -0.05) is 46.2 Å². The second-order valence-electron chi connectivity index (χ2n) is 6.28. The zero-order chi connectivity index (χ0) is 13.7. The minimum atomic E-state index is -0.469. The van der Waals surface area contributed by atoms with Gasteiger partial charge in [0.1, 0.15) is 5.02 Å². The average molecular weight is 271 g/mol. The van der Waals surface area contributed by atoms with Crippen molar-refractivity contribution >= 4 is 17.2 Å². The molecule has 5 nitrogen and oxygen atoms in total. The van der Waals surface area contributed by atoms with Crippen molar-refractivity contribution in [3.05, 3.63) is 16.5 Å². The summed E-state index contributed by atoms with van der Waals surface area (Å²) in [6.07, 6.45) is 0. The Labute approximate surface area is 111 Å². The minimum Gasteiger partial charge on any atom is -0.395 e. The summed E-state index contributed by atoms with van der Waals surface area (Å²) in [5.41, 5.74) is 0.962. The quantitative estimate of drug-likeness (QED) is 0.880. The molecule has 0 saturated heterocycles. The number of H-pyrrole nitrogens is 1. The van der Waals surface area contributed by atoms with Crippen LogP contribution in [0.2, 0.25) is 5.02 Å². The average Bonchev–Trinajstić information content (AvgIpc) is 2.78. The summed E-state index contributed by atoms with van der Waals surface area (Å²) >= 11 is 6.33. The summed E-state index contributed by atoms with van der Waals surface area (Å²) in [5.74, 6) is 0.678. The van der Waals surface area contributed by atoms with E-state index in [1.54, 1.807) is 4.52 Å². The number of halogens is 1. The van der Waals surface area contributed by atoms with Gasteiger partial charge in [-0.2, -0.15) is 0 Å². The Morgan fingerprint density at radius 1 is 1.22 bits per heavy atom. The Bertz CT molecular complexity index is 577. The Morgan fingerprint density at radius 2 is 1.83 bits per heavy atom. The molecule has 0 saturated carbocycles. The van der Waals surface area contributed by atoms with Crippen LogP contribution in [0, 0.1) is 0 Å². The maximum Gasteiger partial charge on any atom is 0.196 e. The van der Waals surface area contributed by atoms with Crippen molar-refractivity contribution in [1.29, 1.82) is 0 Å². The summed E-state index contributed by atoms with van der Waals surface area (Å²) in [5, 5.41) is 21.5. The monoisotopic (exact) mass is 270 g/mol. The first-order valence-electron chi connectivity index (χ1n) is 5.93. The highest BCUT2D eigenvalue weighted by Gasteiger charge is 2.30. The van der Waals surface area contributed by atoms with Gasteiger partial charge in [-0.15, -0.1) is 10.2 Å². The Morgan fingerprint density at radius 3 is 2.33 bits per heavy atom. The summed E-state index contributed by atoms with van der Waals surface area (Å²) in [4.78, 5) is 0. The van der Waals surface area contributed by atoms with Crippen LogP contribution in [-0.2, 0) is 10.8 Å². The van der Waals surface area contributed by atoms with Gasteiger partial charge in [0.2, 0.25) is 0 Å². The molecule has 0 atom stereocenters. The predicted molar refractivity (Wildman–Crippen MR) is 71.2 cm³/mol. The highest BCUT2D eigenvalue weighted by Crippen LogP contribution is 2.32. The number of rotatable bonds is 2. The van der Waals surface area contributed by atoms with Gasteiger partial charge in [-0.3, -0.25) is 5.10 Å². The zero-order valence-electron chi connectivity index (χ0n) is 11.4. The third kappa shape index (κ3) is 1.91. The highest BCUT2D eigenvalue weighted by atomic mass is 35.5. The standard InChI is InChI=1S/C12H19ClN4O/c1-11(2,3)8-7(13)9-14-15-10(17(9)16-8)12(4,5)6-18/h16,18H,6H2,1-5H3. The lowest BCUT2D eigenvalue weighted by atomic mass is 9.92. The van der Waals surface area contributed by atoms with E-state index in [0.29, 0.717) is 16.5 Å². The molecule has 100 valence electrons. The SMILES string of the molecule is CC(C)(C)c1[nH]n2c(C(C)(C)CO)nnc2c1Cl. The molecule has 6 heteroatoms. The Hall–Kier alpha value is -1.07. The first-order chi connectivity index (χ1) is 8.18. The molecule has 0 bridgehead atoms. The van der Waals surface area contributed by atoms with Crippen LogP contribution in [0.1, 0.15) is 46.1 Å². The molecule has 0 spiro atoms. The number of aromatic nitrogens is 4. The Balaban J connectivity index is 2.68. The molecule has 0 aromatic carbocycles. The van der Waals surface area contributed by atoms with E-state index in [0.717, 1.165) is 5.69 Å². The van der Waals surface area contributed by atoms with E-state index in [1.165, 1.54) is 0 Å². The second kappa shape index (κ2) is 3.96. The van der Waals surface area contributed by atoms with Gasteiger partial charge in [0.15, 0.2) is 11.5 Å². The van der Waals surface area contributed by atoms with Crippen LogP contribution in [0.15, 0.2) is 0 Å². The number of aliphatic hydroxyl groups excluding tert-OH is 1. The van der Waals surface area contributed by atoms with Crippen molar-refractivity contribution in [3.8, 4) is 0 Å². The van der Waals surface area contributed by atoms with Gasteiger partial charge < -0.3 is 5.11 Å². The zero-order valence-corrected chi connectivity index (χ0v) is 12.1. The van der Waals surface area contributed by atoms with Gasteiger partial charge >= 0.3 is 0 Å². The number of fused-ring (bicyclic) bond motifs is 1. The summed E-state index contributed by atoms with van der Waals surface area (Å²) < 4.78 is 1.76. The molecule has 18 heavy (non-hydrogen) atoms. The van der Waals surface area contributed by atoms with Crippen molar-refractivity contribution in [1.82, 2.24) is 19.8 Å². The van der Waals surface area contributed by atoms with Crippen molar-refractivity contribution in [2.75, 3.05) is 6.61 Å². The maximum absolute atomic E-state index is 9.43. The number of aromatic amines is 1. The minimum absolute atomic E-state index is 0.00468. The molecular formula is C12H19ClN4O. The van der Waals surface area contributed by atoms with E-state index >= 15 is 0 Å². The van der Waals surface area contributed by atoms with Crippen molar-refractivity contribution in [2.45, 2.75) is 45.4 Å². The highest BCUT2D eigenvalue weighted by molar-refractivity contribution is 6.34. The lowest BCUT2D eigenvalue weighted by Gasteiger charge is -2.19. The molecule has 2 heterocycles. The molecule has 2 aromatic rings. The molecule has 0 fully saturated rings.